The van der Waals surface area contributed by atoms with Crippen LogP contribution in [0.1, 0.15) is 32.3 Å². The Morgan fingerprint density at radius 2 is 1.74 bits per heavy atom. The van der Waals surface area contributed by atoms with Crippen molar-refractivity contribution in [2.75, 3.05) is 30.8 Å². The lowest BCUT2D eigenvalue weighted by molar-refractivity contribution is -0.140. The number of carbonyl (C=O) groups is 2. The van der Waals surface area contributed by atoms with Crippen LogP contribution in [0.25, 0.3) is 0 Å². The van der Waals surface area contributed by atoms with Gasteiger partial charge >= 0.3 is 0 Å². The monoisotopic (exact) mass is 543 g/mol. The fourth-order valence-electron chi connectivity index (χ4n) is 3.49. The molecule has 0 aliphatic heterocycles. The van der Waals surface area contributed by atoms with Crippen LogP contribution >= 0.6 is 23.2 Å². The van der Waals surface area contributed by atoms with Crippen LogP contribution in [0, 0.1) is 0 Å². The van der Waals surface area contributed by atoms with Gasteiger partial charge in [0.1, 0.15) is 11.8 Å². The summed E-state index contributed by atoms with van der Waals surface area (Å²) in [6.45, 7) is 4.15. The second-order valence-electron chi connectivity index (χ2n) is 7.98. The quantitative estimate of drug-likeness (QED) is 0.434. The molecular weight excluding hydrogens is 513 g/mol. The summed E-state index contributed by atoms with van der Waals surface area (Å²) in [5, 5.41) is 3.48. The molecule has 2 rings (SSSR count). The van der Waals surface area contributed by atoms with Crippen LogP contribution in [0.2, 0.25) is 10.0 Å². The van der Waals surface area contributed by atoms with E-state index in [1.165, 1.54) is 16.3 Å². The minimum atomic E-state index is -3.57. The number of halogens is 2. The largest absolute Gasteiger partial charge is 0.497 e. The lowest BCUT2D eigenvalue weighted by Crippen LogP contribution is -2.47. The maximum Gasteiger partial charge on any atom is 0.242 e. The Balaban J connectivity index is 2.17. The molecule has 2 aromatic rings. The molecule has 1 N–H and O–H groups in total. The van der Waals surface area contributed by atoms with Crippen molar-refractivity contribution in [2.45, 2.75) is 39.3 Å². The second-order valence-corrected chi connectivity index (χ2v) is 10.7. The predicted molar refractivity (Wildman–Crippen MR) is 140 cm³/mol. The molecule has 0 spiro atoms. The van der Waals surface area contributed by atoms with Crippen molar-refractivity contribution in [3.05, 3.63) is 58.1 Å². The molecule has 0 radical (unpaired) electrons. The number of nitrogens with one attached hydrogen (secondary N) is 1. The van der Waals surface area contributed by atoms with Gasteiger partial charge in [0, 0.05) is 26.1 Å². The second kappa shape index (κ2) is 13.0. The number of ether oxygens (including phenoxy) is 1. The molecule has 2 aromatic carbocycles. The van der Waals surface area contributed by atoms with Crippen LogP contribution in [0.15, 0.2) is 42.5 Å². The van der Waals surface area contributed by atoms with Gasteiger partial charge in [-0.3, -0.25) is 13.9 Å². The van der Waals surface area contributed by atoms with Gasteiger partial charge in [-0.1, -0.05) is 29.3 Å². The van der Waals surface area contributed by atoms with Crippen LogP contribution in [0.4, 0.5) is 5.69 Å². The van der Waals surface area contributed by atoms with E-state index in [0.717, 1.165) is 11.8 Å². The standard InChI is InChI=1S/C24H31Cl2N3O5S/c1-5-27-24(31)17(2)28(16-18-8-13-21(25)22(26)15-18)23(30)7-6-14-29(35(4,32)33)19-9-11-20(34-3)12-10-19/h8-13,15,17H,5-7,14,16H2,1-4H3,(H,27,31)/t17-/m1/s1. The Morgan fingerprint density at radius 1 is 1.09 bits per heavy atom. The molecule has 0 bridgehead atoms. The summed E-state index contributed by atoms with van der Waals surface area (Å²) < 4.78 is 31.2. The molecular formula is C24H31Cl2N3O5S. The van der Waals surface area contributed by atoms with Crippen molar-refractivity contribution in [1.29, 1.82) is 0 Å². The van der Waals surface area contributed by atoms with Gasteiger partial charge in [-0.25, -0.2) is 8.42 Å². The normalized spacial score (nSPS) is 12.1. The third-order valence-corrected chi connectivity index (χ3v) is 7.30. The highest BCUT2D eigenvalue weighted by Gasteiger charge is 2.26. The third-order valence-electron chi connectivity index (χ3n) is 5.37. The van der Waals surface area contributed by atoms with E-state index < -0.39 is 16.1 Å². The number of sulfonamides is 1. The summed E-state index contributed by atoms with van der Waals surface area (Å²) in [7, 11) is -2.05. The highest BCUT2D eigenvalue weighted by molar-refractivity contribution is 7.92. The van der Waals surface area contributed by atoms with Gasteiger partial charge in [-0.2, -0.15) is 0 Å². The Bertz CT molecular complexity index is 1130. The predicted octanol–water partition coefficient (Wildman–Crippen LogP) is 4.10. The average molecular weight is 545 g/mol. The van der Waals surface area contributed by atoms with E-state index in [2.05, 4.69) is 5.32 Å². The third kappa shape index (κ3) is 8.30. The van der Waals surface area contributed by atoms with Crippen molar-refractivity contribution >= 4 is 50.7 Å². The van der Waals surface area contributed by atoms with Gasteiger partial charge in [0.15, 0.2) is 0 Å². The van der Waals surface area contributed by atoms with Crippen molar-refractivity contribution in [2.24, 2.45) is 0 Å². The first-order valence-electron chi connectivity index (χ1n) is 11.1. The minimum Gasteiger partial charge on any atom is -0.497 e. The summed E-state index contributed by atoms with van der Waals surface area (Å²) in [6, 6.07) is 10.9. The summed E-state index contributed by atoms with van der Waals surface area (Å²) in [6.07, 6.45) is 1.43. The van der Waals surface area contributed by atoms with Crippen molar-refractivity contribution in [3.8, 4) is 5.75 Å². The number of likely N-dealkylation sites (N-methyl/N-ethyl adjacent to an activating group) is 1. The number of rotatable bonds is 12. The van der Waals surface area contributed by atoms with Crippen LogP contribution in [-0.4, -0.2) is 57.6 Å². The molecule has 0 saturated carbocycles. The van der Waals surface area contributed by atoms with Crippen LogP contribution in [0.3, 0.4) is 0 Å². The van der Waals surface area contributed by atoms with E-state index in [1.54, 1.807) is 56.3 Å². The van der Waals surface area contributed by atoms with Crippen LogP contribution in [-0.2, 0) is 26.2 Å². The lowest BCUT2D eigenvalue weighted by atomic mass is 10.1. The lowest BCUT2D eigenvalue weighted by Gasteiger charge is -2.29. The Labute approximate surface area is 217 Å². The number of carbonyl (C=O) groups excluding carboxylic acids is 2. The molecule has 0 unspecified atom stereocenters. The number of anilines is 1. The van der Waals surface area contributed by atoms with Crippen LogP contribution in [0.5, 0.6) is 5.75 Å². The van der Waals surface area contributed by atoms with Crippen LogP contribution < -0.4 is 14.4 Å². The molecule has 0 heterocycles. The van der Waals surface area contributed by atoms with Gasteiger partial charge in [-0.05, 0) is 62.2 Å². The topological polar surface area (TPSA) is 96.0 Å². The molecule has 0 aromatic heterocycles. The van der Waals surface area contributed by atoms with E-state index in [0.29, 0.717) is 28.0 Å². The number of hydrogen-bond acceptors (Lipinski definition) is 5. The Hall–Kier alpha value is -2.49. The first-order valence-corrected chi connectivity index (χ1v) is 13.7. The maximum absolute atomic E-state index is 13.2. The zero-order valence-corrected chi connectivity index (χ0v) is 22.6. The van der Waals surface area contributed by atoms with Gasteiger partial charge in [0.05, 0.1) is 29.1 Å². The fourth-order valence-corrected chi connectivity index (χ4v) is 4.78. The van der Waals surface area contributed by atoms with Crippen molar-refractivity contribution < 1.29 is 22.7 Å². The smallest absolute Gasteiger partial charge is 0.242 e. The number of methoxy groups -OCH3 is 1. The SMILES string of the molecule is CCNC(=O)[C@@H](C)N(Cc1ccc(Cl)c(Cl)c1)C(=O)CCCN(c1ccc(OC)cc1)S(C)(=O)=O. The van der Waals surface area contributed by atoms with E-state index in [-0.39, 0.29) is 37.7 Å². The van der Waals surface area contributed by atoms with Crippen molar-refractivity contribution in [1.82, 2.24) is 10.2 Å². The van der Waals surface area contributed by atoms with E-state index in [4.69, 9.17) is 27.9 Å². The van der Waals surface area contributed by atoms with Gasteiger partial charge in [0.2, 0.25) is 21.8 Å². The first-order chi connectivity index (χ1) is 16.5. The molecule has 35 heavy (non-hydrogen) atoms. The molecule has 0 aliphatic rings. The zero-order valence-electron chi connectivity index (χ0n) is 20.3. The summed E-state index contributed by atoms with van der Waals surface area (Å²) in [5.74, 6) is 0.0459. The Kier molecular flexibility index (Phi) is 10.7. The molecule has 2 amide bonds. The highest BCUT2D eigenvalue weighted by atomic mass is 35.5. The molecule has 1 atom stereocenters. The molecule has 192 valence electrons. The minimum absolute atomic E-state index is 0.0489. The summed E-state index contributed by atoms with van der Waals surface area (Å²) in [4.78, 5) is 27.2. The van der Waals surface area contributed by atoms with Gasteiger partial charge in [0.25, 0.3) is 0 Å². The summed E-state index contributed by atoms with van der Waals surface area (Å²) >= 11 is 12.1. The maximum atomic E-state index is 13.2. The molecule has 0 saturated heterocycles. The zero-order chi connectivity index (χ0) is 26.2. The molecule has 0 fully saturated rings. The molecule has 11 heteroatoms. The first kappa shape index (κ1) is 28.7. The molecule has 8 nitrogen and oxygen atoms in total. The van der Waals surface area contributed by atoms with E-state index >= 15 is 0 Å². The van der Waals surface area contributed by atoms with E-state index in [1.807, 2.05) is 0 Å². The number of hydrogen-bond donors (Lipinski definition) is 1. The average Bonchev–Trinajstić information content (AvgIpc) is 2.81. The van der Waals surface area contributed by atoms with Crippen molar-refractivity contribution in [3.63, 3.8) is 0 Å². The molecule has 0 aliphatic carbocycles. The van der Waals surface area contributed by atoms with Gasteiger partial charge < -0.3 is 15.0 Å². The van der Waals surface area contributed by atoms with Gasteiger partial charge in [-0.15, -0.1) is 0 Å². The number of benzene rings is 2. The van der Waals surface area contributed by atoms with E-state index in [9.17, 15) is 18.0 Å². The number of amides is 2. The summed E-state index contributed by atoms with van der Waals surface area (Å²) in [5.41, 5.74) is 1.20. The highest BCUT2D eigenvalue weighted by Crippen LogP contribution is 2.25. The fraction of sp³-hybridized carbons (Fsp3) is 0.417. The number of nitrogens with zero attached hydrogens (tertiary/aromatic N) is 2. The Morgan fingerprint density at radius 3 is 2.29 bits per heavy atom.